The van der Waals surface area contributed by atoms with Crippen LogP contribution in [0, 0.1) is 0 Å². The van der Waals surface area contributed by atoms with Gasteiger partial charge in [-0.3, -0.25) is 0 Å². The van der Waals surface area contributed by atoms with Crippen molar-refractivity contribution in [1.82, 2.24) is 5.32 Å². The average molecular weight is 161 g/mol. The lowest BCUT2D eigenvalue weighted by molar-refractivity contribution is 0.307. The third-order valence-electron chi connectivity index (χ3n) is 1.66. The first kappa shape index (κ1) is 10.1. The molecule has 1 atom stereocenters. The zero-order valence-electron chi connectivity index (χ0n) is 7.31. The summed E-state index contributed by atoms with van der Waals surface area (Å²) in [4.78, 5) is 0. The van der Waals surface area contributed by atoms with E-state index in [9.17, 15) is 0 Å². The van der Waals surface area contributed by atoms with Crippen LogP contribution in [0.4, 0.5) is 0 Å². The van der Waals surface area contributed by atoms with E-state index >= 15 is 0 Å². The molecule has 1 unspecified atom stereocenters. The quantitative estimate of drug-likeness (QED) is 0.556. The van der Waals surface area contributed by atoms with Crippen LogP contribution in [0.5, 0.6) is 0 Å². The minimum Gasteiger partial charge on any atom is -0.428 e. The largest absolute Gasteiger partial charge is 0.428 e. The molecule has 0 heterocycles. The monoisotopic (exact) mass is 161 g/mol. The summed E-state index contributed by atoms with van der Waals surface area (Å²) in [5, 5.41) is 3.40. The Balaban J connectivity index is 3.21. The predicted octanol–water partition coefficient (Wildman–Crippen LogP) is 0.0616. The van der Waals surface area contributed by atoms with Crippen molar-refractivity contribution in [2.75, 3.05) is 13.2 Å². The van der Waals surface area contributed by atoms with Crippen LogP contribution in [0.1, 0.15) is 26.7 Å². The zero-order valence-corrected chi connectivity index (χ0v) is 9.31. The van der Waals surface area contributed by atoms with Crippen molar-refractivity contribution in [2.45, 2.75) is 32.7 Å². The van der Waals surface area contributed by atoms with E-state index < -0.39 is 0 Å². The maximum absolute atomic E-state index is 5.12. The van der Waals surface area contributed by atoms with Crippen molar-refractivity contribution in [1.29, 1.82) is 0 Å². The van der Waals surface area contributed by atoms with Crippen LogP contribution < -0.4 is 5.32 Å². The molecule has 0 aliphatic carbocycles. The summed E-state index contributed by atoms with van der Waals surface area (Å²) in [6.45, 7) is 6.35. The van der Waals surface area contributed by atoms with Crippen LogP contribution in [-0.2, 0) is 4.43 Å². The van der Waals surface area contributed by atoms with Gasteiger partial charge in [-0.05, 0) is 19.4 Å². The molecule has 62 valence electrons. The maximum Gasteiger partial charge on any atom is 0.145 e. The number of rotatable bonds is 6. The Morgan fingerprint density at radius 3 is 2.60 bits per heavy atom. The Morgan fingerprint density at radius 2 is 2.20 bits per heavy atom. The highest BCUT2D eigenvalue weighted by Crippen LogP contribution is 1.96. The molecule has 10 heavy (non-hydrogen) atoms. The molecule has 2 nitrogen and oxygen atoms in total. The van der Waals surface area contributed by atoms with Gasteiger partial charge < -0.3 is 9.74 Å². The van der Waals surface area contributed by atoms with Crippen LogP contribution >= 0.6 is 0 Å². The lowest BCUT2D eigenvalue weighted by atomic mass is 10.1. The van der Waals surface area contributed by atoms with Gasteiger partial charge in [0.05, 0.1) is 0 Å². The summed E-state index contributed by atoms with van der Waals surface area (Å²) >= 11 is 0. The van der Waals surface area contributed by atoms with E-state index in [1.807, 2.05) is 0 Å². The normalized spacial score (nSPS) is 13.8. The van der Waals surface area contributed by atoms with Gasteiger partial charge in [0, 0.05) is 12.6 Å². The predicted molar refractivity (Wildman–Crippen MR) is 48.3 cm³/mol. The van der Waals surface area contributed by atoms with E-state index in [4.69, 9.17) is 4.43 Å². The lowest BCUT2D eigenvalue weighted by Gasteiger charge is -2.14. The molecular formula is C7H19NOSi. The van der Waals surface area contributed by atoms with Gasteiger partial charge in [-0.1, -0.05) is 13.8 Å². The fourth-order valence-corrected chi connectivity index (χ4v) is 1.24. The third-order valence-corrected chi connectivity index (χ3v) is 2.06. The molecule has 0 radical (unpaired) electrons. The summed E-state index contributed by atoms with van der Waals surface area (Å²) < 4.78 is 5.12. The standard InChI is InChI=1S/C7H19NOSi/c1-3-7(8-4-2)5-6-9-10/h7-8H,3-6H2,1-2,10H3. The van der Waals surface area contributed by atoms with Crippen molar-refractivity contribution in [2.24, 2.45) is 0 Å². The lowest BCUT2D eigenvalue weighted by Crippen LogP contribution is -2.29. The smallest absolute Gasteiger partial charge is 0.145 e. The molecule has 1 N–H and O–H groups in total. The molecule has 0 aromatic heterocycles. The van der Waals surface area contributed by atoms with Crippen LogP contribution in [0.15, 0.2) is 0 Å². The second kappa shape index (κ2) is 7.25. The molecular weight excluding hydrogens is 142 g/mol. The maximum atomic E-state index is 5.12. The van der Waals surface area contributed by atoms with E-state index in [0.29, 0.717) is 6.04 Å². The van der Waals surface area contributed by atoms with Crippen molar-refractivity contribution < 1.29 is 4.43 Å². The highest BCUT2D eigenvalue weighted by molar-refractivity contribution is 5.97. The van der Waals surface area contributed by atoms with Crippen LogP contribution in [0.3, 0.4) is 0 Å². The van der Waals surface area contributed by atoms with Gasteiger partial charge in [0.15, 0.2) is 0 Å². The molecule has 0 saturated heterocycles. The first-order chi connectivity index (χ1) is 4.85. The van der Waals surface area contributed by atoms with Crippen molar-refractivity contribution >= 4 is 10.5 Å². The number of hydrogen-bond donors (Lipinski definition) is 1. The van der Waals surface area contributed by atoms with Crippen LogP contribution in [0.2, 0.25) is 0 Å². The SMILES string of the molecule is CCNC(CC)CCO[SiH3]. The molecule has 0 bridgehead atoms. The van der Waals surface area contributed by atoms with Gasteiger partial charge in [-0.15, -0.1) is 0 Å². The van der Waals surface area contributed by atoms with Gasteiger partial charge in [-0.25, -0.2) is 0 Å². The number of nitrogens with one attached hydrogen (secondary N) is 1. The Hall–Kier alpha value is 0.137. The van der Waals surface area contributed by atoms with Gasteiger partial charge in [0.25, 0.3) is 0 Å². The summed E-state index contributed by atoms with van der Waals surface area (Å²) in [7, 11) is 0.873. The van der Waals surface area contributed by atoms with Gasteiger partial charge in [-0.2, -0.15) is 0 Å². The Morgan fingerprint density at radius 1 is 1.50 bits per heavy atom. The molecule has 0 saturated carbocycles. The van der Waals surface area contributed by atoms with E-state index in [1.54, 1.807) is 0 Å². The van der Waals surface area contributed by atoms with Gasteiger partial charge >= 0.3 is 0 Å². The van der Waals surface area contributed by atoms with Crippen molar-refractivity contribution in [3.63, 3.8) is 0 Å². The average Bonchev–Trinajstić information content (AvgIpc) is 1.98. The molecule has 0 fully saturated rings. The van der Waals surface area contributed by atoms with E-state index in [-0.39, 0.29) is 0 Å². The van der Waals surface area contributed by atoms with Crippen molar-refractivity contribution in [3.05, 3.63) is 0 Å². The van der Waals surface area contributed by atoms with E-state index in [0.717, 1.165) is 30.1 Å². The summed E-state index contributed by atoms with van der Waals surface area (Å²) in [5.41, 5.74) is 0. The summed E-state index contributed by atoms with van der Waals surface area (Å²) in [5.74, 6) is 0. The minimum absolute atomic E-state index is 0.666. The Labute approximate surface area is 66.9 Å². The molecule has 0 rings (SSSR count). The molecule has 3 heteroatoms. The summed E-state index contributed by atoms with van der Waals surface area (Å²) in [6, 6.07) is 0.666. The minimum atomic E-state index is 0.666. The first-order valence-electron chi connectivity index (χ1n) is 4.07. The second-order valence-electron chi connectivity index (χ2n) is 2.44. The second-order valence-corrected chi connectivity index (χ2v) is 3.02. The fraction of sp³-hybridized carbons (Fsp3) is 1.00. The molecule has 0 amide bonds. The first-order valence-corrected chi connectivity index (χ1v) is 4.89. The highest BCUT2D eigenvalue weighted by Gasteiger charge is 2.01. The zero-order chi connectivity index (χ0) is 7.82. The molecule has 0 aliphatic rings. The van der Waals surface area contributed by atoms with E-state index in [2.05, 4.69) is 19.2 Å². The molecule has 0 aromatic carbocycles. The molecule has 0 aliphatic heterocycles. The van der Waals surface area contributed by atoms with Gasteiger partial charge in [0.2, 0.25) is 0 Å². The number of hydrogen-bond acceptors (Lipinski definition) is 2. The fourth-order valence-electron chi connectivity index (χ4n) is 0.999. The molecule has 0 spiro atoms. The third kappa shape index (κ3) is 4.96. The van der Waals surface area contributed by atoms with Crippen LogP contribution in [0.25, 0.3) is 0 Å². The molecule has 0 aromatic rings. The summed E-state index contributed by atoms with van der Waals surface area (Å²) in [6.07, 6.45) is 2.37. The Kier molecular flexibility index (Phi) is 7.35. The van der Waals surface area contributed by atoms with E-state index in [1.165, 1.54) is 6.42 Å². The Bertz CT molecular complexity index is 70.6. The van der Waals surface area contributed by atoms with Crippen LogP contribution in [-0.4, -0.2) is 29.7 Å². The van der Waals surface area contributed by atoms with Crippen molar-refractivity contribution in [3.8, 4) is 0 Å². The topological polar surface area (TPSA) is 21.3 Å². The highest BCUT2D eigenvalue weighted by atomic mass is 28.2. The van der Waals surface area contributed by atoms with Gasteiger partial charge in [0.1, 0.15) is 10.5 Å².